The van der Waals surface area contributed by atoms with Gasteiger partial charge in [-0.25, -0.2) is 0 Å². The van der Waals surface area contributed by atoms with Gasteiger partial charge >= 0.3 is 0 Å². The maximum absolute atomic E-state index is 10.8. The Kier molecular flexibility index (Phi) is 5.36. The minimum atomic E-state index is 0.355. The predicted octanol–water partition coefficient (Wildman–Crippen LogP) is 4.15. The Balaban J connectivity index is 2.77. The van der Waals surface area contributed by atoms with Gasteiger partial charge in [0.15, 0.2) is 6.29 Å². The number of hydrogen-bond donors (Lipinski definition) is 0. The topological polar surface area (TPSA) is 26.3 Å². The Hall–Kier alpha value is -0.990. The Bertz CT molecular complexity index is 389. The van der Waals surface area contributed by atoms with E-state index in [2.05, 4.69) is 6.58 Å². The molecule has 0 radical (unpaired) electrons. The SMILES string of the molecule is C=CCCCOc1c(Cl)cc(Cl)cc1C=O. The molecule has 0 aromatic heterocycles. The number of unbranched alkanes of at least 4 members (excludes halogenated alkanes) is 1. The highest BCUT2D eigenvalue weighted by Crippen LogP contribution is 2.31. The van der Waals surface area contributed by atoms with Crippen molar-refractivity contribution in [3.63, 3.8) is 0 Å². The predicted molar refractivity (Wildman–Crippen MR) is 66.8 cm³/mol. The molecule has 0 aliphatic heterocycles. The van der Waals surface area contributed by atoms with E-state index in [0.717, 1.165) is 12.8 Å². The van der Waals surface area contributed by atoms with Crippen molar-refractivity contribution in [2.45, 2.75) is 12.8 Å². The molecule has 0 amide bonds. The number of benzene rings is 1. The maximum Gasteiger partial charge on any atom is 0.153 e. The van der Waals surface area contributed by atoms with Crippen molar-refractivity contribution in [3.8, 4) is 5.75 Å². The molecule has 0 bridgehead atoms. The summed E-state index contributed by atoms with van der Waals surface area (Å²) < 4.78 is 5.45. The van der Waals surface area contributed by atoms with Gasteiger partial charge in [-0.1, -0.05) is 29.3 Å². The van der Waals surface area contributed by atoms with Crippen molar-refractivity contribution in [1.29, 1.82) is 0 Å². The molecule has 16 heavy (non-hydrogen) atoms. The van der Waals surface area contributed by atoms with Crippen LogP contribution in [0, 0.1) is 0 Å². The number of ether oxygens (including phenoxy) is 1. The van der Waals surface area contributed by atoms with E-state index in [4.69, 9.17) is 27.9 Å². The Labute approximate surface area is 105 Å². The molecule has 0 N–H and O–H groups in total. The quantitative estimate of drug-likeness (QED) is 0.435. The molecule has 1 aromatic carbocycles. The van der Waals surface area contributed by atoms with Crippen LogP contribution in [0.4, 0.5) is 0 Å². The molecule has 0 heterocycles. The van der Waals surface area contributed by atoms with Crippen LogP contribution < -0.4 is 4.74 Å². The van der Waals surface area contributed by atoms with Crippen LogP contribution in [0.3, 0.4) is 0 Å². The zero-order chi connectivity index (χ0) is 12.0. The van der Waals surface area contributed by atoms with Crippen molar-refractivity contribution in [2.75, 3.05) is 6.61 Å². The van der Waals surface area contributed by atoms with Crippen molar-refractivity contribution < 1.29 is 9.53 Å². The van der Waals surface area contributed by atoms with E-state index in [-0.39, 0.29) is 0 Å². The smallest absolute Gasteiger partial charge is 0.153 e. The van der Waals surface area contributed by atoms with Gasteiger partial charge in [-0.3, -0.25) is 4.79 Å². The first-order valence-electron chi connectivity index (χ1n) is 4.87. The summed E-state index contributed by atoms with van der Waals surface area (Å²) >= 11 is 11.7. The van der Waals surface area contributed by atoms with Gasteiger partial charge in [0.1, 0.15) is 5.75 Å². The van der Waals surface area contributed by atoms with Crippen molar-refractivity contribution in [1.82, 2.24) is 0 Å². The molecule has 0 unspecified atom stereocenters. The molecule has 0 saturated heterocycles. The summed E-state index contributed by atoms with van der Waals surface area (Å²) in [6.45, 7) is 4.11. The lowest BCUT2D eigenvalue weighted by Gasteiger charge is -2.10. The number of rotatable bonds is 6. The van der Waals surface area contributed by atoms with Crippen LogP contribution in [-0.2, 0) is 0 Å². The number of carbonyl (C=O) groups excluding carboxylic acids is 1. The second-order valence-corrected chi connectivity index (χ2v) is 4.05. The number of hydrogen-bond acceptors (Lipinski definition) is 2. The lowest BCUT2D eigenvalue weighted by molar-refractivity contribution is 0.111. The molecule has 0 atom stereocenters. The van der Waals surface area contributed by atoms with Crippen LogP contribution in [0.2, 0.25) is 10.0 Å². The van der Waals surface area contributed by atoms with Crippen LogP contribution in [0.1, 0.15) is 23.2 Å². The van der Waals surface area contributed by atoms with Gasteiger partial charge in [-0.2, -0.15) is 0 Å². The summed E-state index contributed by atoms with van der Waals surface area (Å²) in [6.07, 6.45) is 4.19. The van der Waals surface area contributed by atoms with Crippen molar-refractivity contribution in [2.24, 2.45) is 0 Å². The Morgan fingerprint density at radius 3 is 2.75 bits per heavy atom. The molecule has 0 spiro atoms. The minimum absolute atomic E-state index is 0.355. The molecule has 0 saturated carbocycles. The Morgan fingerprint density at radius 1 is 1.38 bits per heavy atom. The van der Waals surface area contributed by atoms with Gasteiger partial charge < -0.3 is 4.74 Å². The van der Waals surface area contributed by atoms with E-state index in [0.29, 0.717) is 34.3 Å². The first-order valence-corrected chi connectivity index (χ1v) is 5.62. The molecule has 0 fully saturated rings. The fourth-order valence-electron chi connectivity index (χ4n) is 1.22. The molecule has 4 heteroatoms. The third-order valence-electron chi connectivity index (χ3n) is 1.96. The van der Waals surface area contributed by atoms with Crippen LogP contribution in [0.5, 0.6) is 5.75 Å². The third kappa shape index (κ3) is 3.54. The van der Waals surface area contributed by atoms with Crippen LogP contribution in [-0.4, -0.2) is 12.9 Å². The molecule has 1 rings (SSSR count). The molecule has 86 valence electrons. The molecule has 2 nitrogen and oxygen atoms in total. The molecule has 0 aliphatic rings. The largest absolute Gasteiger partial charge is 0.491 e. The van der Waals surface area contributed by atoms with E-state index in [9.17, 15) is 4.79 Å². The van der Waals surface area contributed by atoms with Gasteiger partial charge in [0.05, 0.1) is 17.2 Å². The normalized spacial score (nSPS) is 9.88. The molecular formula is C12H12Cl2O2. The summed E-state index contributed by atoms with van der Waals surface area (Å²) in [4.78, 5) is 10.8. The van der Waals surface area contributed by atoms with Gasteiger partial charge in [-0.05, 0) is 25.0 Å². The summed E-state index contributed by atoms with van der Waals surface area (Å²) in [7, 11) is 0. The molecule has 0 aliphatic carbocycles. The second-order valence-electron chi connectivity index (χ2n) is 3.20. The summed E-state index contributed by atoms with van der Waals surface area (Å²) in [6, 6.07) is 3.09. The zero-order valence-corrected chi connectivity index (χ0v) is 10.2. The van der Waals surface area contributed by atoms with Gasteiger partial charge in [0.25, 0.3) is 0 Å². The van der Waals surface area contributed by atoms with Gasteiger partial charge in [0, 0.05) is 5.02 Å². The highest BCUT2D eigenvalue weighted by Gasteiger charge is 2.09. The fraction of sp³-hybridized carbons (Fsp3) is 0.250. The summed E-state index contributed by atoms with van der Waals surface area (Å²) in [5.74, 6) is 0.394. The van der Waals surface area contributed by atoms with Crippen LogP contribution in [0.25, 0.3) is 0 Å². The lowest BCUT2D eigenvalue weighted by Crippen LogP contribution is -2.00. The highest BCUT2D eigenvalue weighted by molar-refractivity contribution is 6.36. The van der Waals surface area contributed by atoms with E-state index in [1.54, 1.807) is 6.07 Å². The molecular weight excluding hydrogens is 247 g/mol. The number of allylic oxidation sites excluding steroid dienone is 1. The first-order chi connectivity index (χ1) is 7.69. The first kappa shape index (κ1) is 13.1. The van der Waals surface area contributed by atoms with Crippen molar-refractivity contribution in [3.05, 3.63) is 40.4 Å². The molecule has 1 aromatic rings. The van der Waals surface area contributed by atoms with Gasteiger partial charge in [-0.15, -0.1) is 6.58 Å². The highest BCUT2D eigenvalue weighted by atomic mass is 35.5. The van der Waals surface area contributed by atoms with Crippen LogP contribution >= 0.6 is 23.2 Å². The number of aldehydes is 1. The second kappa shape index (κ2) is 6.56. The lowest BCUT2D eigenvalue weighted by atomic mass is 10.2. The average molecular weight is 259 g/mol. The number of carbonyl (C=O) groups is 1. The monoisotopic (exact) mass is 258 g/mol. The van der Waals surface area contributed by atoms with E-state index < -0.39 is 0 Å². The fourth-order valence-corrected chi connectivity index (χ4v) is 1.79. The van der Waals surface area contributed by atoms with Crippen LogP contribution in [0.15, 0.2) is 24.8 Å². The maximum atomic E-state index is 10.8. The van der Waals surface area contributed by atoms with Gasteiger partial charge in [0.2, 0.25) is 0 Å². The standard InChI is InChI=1S/C12H12Cl2O2/c1-2-3-4-5-16-12-9(8-15)6-10(13)7-11(12)14/h2,6-8H,1,3-5H2. The average Bonchev–Trinajstić information content (AvgIpc) is 2.26. The van der Waals surface area contributed by atoms with E-state index in [1.165, 1.54) is 6.07 Å². The Morgan fingerprint density at radius 2 is 2.12 bits per heavy atom. The van der Waals surface area contributed by atoms with E-state index >= 15 is 0 Å². The summed E-state index contributed by atoms with van der Waals surface area (Å²) in [5, 5.41) is 0.777. The van der Waals surface area contributed by atoms with Crippen molar-refractivity contribution >= 4 is 29.5 Å². The summed E-state index contributed by atoms with van der Waals surface area (Å²) in [5.41, 5.74) is 0.371. The van der Waals surface area contributed by atoms with E-state index in [1.807, 2.05) is 6.08 Å². The number of halogens is 2. The zero-order valence-electron chi connectivity index (χ0n) is 8.71. The third-order valence-corrected chi connectivity index (χ3v) is 2.46. The minimum Gasteiger partial charge on any atom is -0.491 e.